The number of epoxide rings is 1. The third-order valence-corrected chi connectivity index (χ3v) is 4.57. The van der Waals surface area contributed by atoms with Crippen LogP contribution in [0.25, 0.3) is 0 Å². The van der Waals surface area contributed by atoms with Crippen molar-refractivity contribution in [3.8, 4) is 0 Å². The van der Waals surface area contributed by atoms with Gasteiger partial charge in [-0.3, -0.25) is 9.59 Å². The molecule has 0 radical (unpaired) electrons. The number of carbonyl (C=O) groups excluding carboxylic acids is 2. The summed E-state index contributed by atoms with van der Waals surface area (Å²) in [7, 11) is 0. The monoisotopic (exact) mass is 294 g/mol. The molecule has 21 heavy (non-hydrogen) atoms. The normalized spacial score (nSPS) is 36.1. The highest BCUT2D eigenvalue weighted by molar-refractivity contribution is 6.07. The van der Waals surface area contributed by atoms with Gasteiger partial charge in [-0.15, -0.1) is 0 Å². The SMILES string of the molecule is CC(=O)C[C@@]1(O)C(=O)C(C(C)(C)C)=C[C@]2(C(C)(C)C)O[C@@H]12. The molecule has 118 valence electrons. The van der Waals surface area contributed by atoms with Gasteiger partial charge in [0.15, 0.2) is 11.4 Å². The van der Waals surface area contributed by atoms with Gasteiger partial charge in [0.2, 0.25) is 0 Å². The number of fused-ring (bicyclic) bond motifs is 1. The Morgan fingerprint density at radius 1 is 1.29 bits per heavy atom. The number of ketones is 2. The summed E-state index contributed by atoms with van der Waals surface area (Å²) in [5.74, 6) is -0.577. The molecule has 0 saturated carbocycles. The van der Waals surface area contributed by atoms with E-state index in [-0.39, 0.29) is 23.4 Å². The lowest BCUT2D eigenvalue weighted by Crippen LogP contribution is -2.55. The van der Waals surface area contributed by atoms with Crippen molar-refractivity contribution in [3.05, 3.63) is 11.6 Å². The number of ether oxygens (including phenoxy) is 1. The van der Waals surface area contributed by atoms with Crippen molar-refractivity contribution in [2.24, 2.45) is 10.8 Å². The number of aliphatic hydroxyl groups is 1. The summed E-state index contributed by atoms with van der Waals surface area (Å²) in [6.45, 7) is 13.3. The van der Waals surface area contributed by atoms with Gasteiger partial charge in [-0.1, -0.05) is 41.5 Å². The second-order valence-corrected chi connectivity index (χ2v) is 8.48. The summed E-state index contributed by atoms with van der Waals surface area (Å²) in [6, 6.07) is 0. The van der Waals surface area contributed by atoms with Gasteiger partial charge in [-0.05, 0) is 23.8 Å². The minimum absolute atomic E-state index is 0.193. The minimum atomic E-state index is -1.74. The molecule has 0 aromatic heterocycles. The van der Waals surface area contributed by atoms with Crippen LogP contribution in [-0.4, -0.2) is 34.0 Å². The van der Waals surface area contributed by atoms with Crippen LogP contribution in [0.3, 0.4) is 0 Å². The summed E-state index contributed by atoms with van der Waals surface area (Å²) in [4.78, 5) is 24.3. The fraction of sp³-hybridized carbons (Fsp3) is 0.765. The zero-order valence-electron chi connectivity index (χ0n) is 14.0. The summed E-state index contributed by atoms with van der Waals surface area (Å²) in [5, 5.41) is 10.9. The van der Waals surface area contributed by atoms with Crippen molar-refractivity contribution in [2.75, 3.05) is 0 Å². The molecule has 4 nitrogen and oxygen atoms in total. The van der Waals surface area contributed by atoms with Crippen LogP contribution in [0.5, 0.6) is 0 Å². The van der Waals surface area contributed by atoms with Gasteiger partial charge in [-0.25, -0.2) is 0 Å². The summed E-state index contributed by atoms with van der Waals surface area (Å²) in [6.07, 6.45) is 1.06. The first-order chi connectivity index (χ1) is 9.26. The number of hydrogen-bond donors (Lipinski definition) is 1. The summed E-state index contributed by atoms with van der Waals surface area (Å²) >= 11 is 0. The molecule has 2 aliphatic rings. The topological polar surface area (TPSA) is 66.9 Å². The minimum Gasteiger partial charge on any atom is -0.378 e. The molecule has 1 N–H and O–H groups in total. The fourth-order valence-electron chi connectivity index (χ4n) is 3.25. The molecule has 4 heteroatoms. The molecule has 0 spiro atoms. The van der Waals surface area contributed by atoms with Gasteiger partial charge in [0.25, 0.3) is 0 Å². The van der Waals surface area contributed by atoms with Crippen LogP contribution < -0.4 is 0 Å². The van der Waals surface area contributed by atoms with Crippen molar-refractivity contribution < 1.29 is 19.4 Å². The average Bonchev–Trinajstić information content (AvgIpc) is 2.97. The molecule has 1 heterocycles. The number of rotatable bonds is 2. The smallest absolute Gasteiger partial charge is 0.193 e. The largest absolute Gasteiger partial charge is 0.378 e. The number of hydrogen-bond acceptors (Lipinski definition) is 4. The Hall–Kier alpha value is -1.00. The molecule has 0 unspecified atom stereocenters. The van der Waals surface area contributed by atoms with Crippen LogP contribution in [-0.2, 0) is 14.3 Å². The molecule has 0 amide bonds. The third-order valence-electron chi connectivity index (χ3n) is 4.57. The van der Waals surface area contributed by atoms with Crippen LogP contribution in [0, 0.1) is 10.8 Å². The van der Waals surface area contributed by atoms with E-state index in [0.717, 1.165) is 0 Å². The first-order valence-electron chi connectivity index (χ1n) is 7.43. The molecule has 1 aliphatic heterocycles. The zero-order valence-corrected chi connectivity index (χ0v) is 14.0. The molecular weight excluding hydrogens is 268 g/mol. The predicted molar refractivity (Wildman–Crippen MR) is 79.9 cm³/mol. The molecule has 1 saturated heterocycles. The highest BCUT2D eigenvalue weighted by atomic mass is 16.6. The van der Waals surface area contributed by atoms with Crippen LogP contribution in [0.1, 0.15) is 54.9 Å². The van der Waals surface area contributed by atoms with Crippen molar-refractivity contribution >= 4 is 11.6 Å². The lowest BCUT2D eigenvalue weighted by Gasteiger charge is -2.38. The third kappa shape index (κ3) is 2.29. The maximum Gasteiger partial charge on any atom is 0.193 e. The fourth-order valence-corrected chi connectivity index (χ4v) is 3.25. The van der Waals surface area contributed by atoms with Gasteiger partial charge in [0.1, 0.15) is 17.5 Å². The van der Waals surface area contributed by atoms with Gasteiger partial charge in [-0.2, -0.15) is 0 Å². The number of carbonyl (C=O) groups is 2. The van der Waals surface area contributed by atoms with E-state index in [4.69, 9.17) is 4.74 Å². The standard InChI is InChI=1S/C17H26O4/c1-10(18)8-16(20)12(19)11(14(2,3)4)9-17(13(16)21-17)15(5,6)7/h9,13,20H,8H2,1-7H3/t13-,16+,17-/m0/s1. The van der Waals surface area contributed by atoms with Crippen LogP contribution >= 0.6 is 0 Å². The Morgan fingerprint density at radius 3 is 2.19 bits per heavy atom. The Morgan fingerprint density at radius 2 is 1.81 bits per heavy atom. The van der Waals surface area contributed by atoms with E-state index in [1.54, 1.807) is 0 Å². The molecule has 1 fully saturated rings. The van der Waals surface area contributed by atoms with E-state index in [2.05, 4.69) is 0 Å². The van der Waals surface area contributed by atoms with Gasteiger partial charge in [0.05, 0.1) is 0 Å². The van der Waals surface area contributed by atoms with Crippen molar-refractivity contribution in [3.63, 3.8) is 0 Å². The van der Waals surface area contributed by atoms with E-state index >= 15 is 0 Å². The van der Waals surface area contributed by atoms with Crippen molar-refractivity contribution in [2.45, 2.75) is 72.2 Å². The molecule has 3 atom stereocenters. The van der Waals surface area contributed by atoms with Crippen molar-refractivity contribution in [1.29, 1.82) is 0 Å². The van der Waals surface area contributed by atoms with E-state index < -0.39 is 22.7 Å². The Balaban J connectivity index is 2.59. The van der Waals surface area contributed by atoms with Gasteiger partial charge >= 0.3 is 0 Å². The van der Waals surface area contributed by atoms with Crippen molar-refractivity contribution in [1.82, 2.24) is 0 Å². The lowest BCUT2D eigenvalue weighted by atomic mass is 9.63. The van der Waals surface area contributed by atoms with Crippen LogP contribution in [0.4, 0.5) is 0 Å². The quantitative estimate of drug-likeness (QED) is 0.794. The predicted octanol–water partition coefficient (Wildman–Crippen LogP) is 2.44. The maximum atomic E-state index is 12.8. The first-order valence-corrected chi connectivity index (χ1v) is 7.43. The van der Waals surface area contributed by atoms with Crippen LogP contribution in [0.15, 0.2) is 11.6 Å². The van der Waals surface area contributed by atoms with E-state index in [9.17, 15) is 14.7 Å². The molecule has 0 aromatic carbocycles. The van der Waals surface area contributed by atoms with E-state index in [1.165, 1.54) is 6.92 Å². The highest BCUT2D eigenvalue weighted by Gasteiger charge is 2.74. The van der Waals surface area contributed by atoms with Crippen LogP contribution in [0.2, 0.25) is 0 Å². The average molecular weight is 294 g/mol. The molecule has 1 aliphatic carbocycles. The van der Waals surface area contributed by atoms with Gasteiger partial charge < -0.3 is 9.84 Å². The molecule has 0 aromatic rings. The Bertz CT molecular complexity index is 532. The van der Waals surface area contributed by atoms with E-state index in [1.807, 2.05) is 47.6 Å². The lowest BCUT2D eigenvalue weighted by molar-refractivity contribution is -0.142. The second-order valence-electron chi connectivity index (χ2n) is 8.48. The Labute approximate surface area is 126 Å². The molecular formula is C17H26O4. The molecule has 2 rings (SSSR count). The second kappa shape index (κ2) is 4.26. The number of Topliss-reactive ketones (excluding diaryl/α,β-unsaturated/α-hetero) is 2. The summed E-state index contributed by atoms with van der Waals surface area (Å²) in [5.41, 5.74) is -2.53. The Kier molecular flexibility index (Phi) is 3.32. The summed E-state index contributed by atoms with van der Waals surface area (Å²) < 4.78 is 5.84. The van der Waals surface area contributed by atoms with Gasteiger partial charge in [0, 0.05) is 12.0 Å². The maximum absolute atomic E-state index is 12.8. The first kappa shape index (κ1) is 16.4. The molecule has 0 bridgehead atoms. The van der Waals surface area contributed by atoms with E-state index in [0.29, 0.717) is 5.57 Å². The zero-order chi connectivity index (χ0) is 16.4. The highest BCUT2D eigenvalue weighted by Crippen LogP contribution is 2.60.